The van der Waals surface area contributed by atoms with E-state index in [9.17, 15) is 0 Å². The Bertz CT molecular complexity index is 733. The number of hydrogen-bond donors (Lipinski definition) is 0. The number of fused-ring (bicyclic) bond motifs is 1. The molecule has 2 saturated heterocycles. The maximum atomic E-state index is 6.27. The number of nitrogens with zero attached hydrogens (tertiary/aromatic N) is 8. The van der Waals surface area contributed by atoms with Gasteiger partial charge >= 0.3 is 0 Å². The van der Waals surface area contributed by atoms with Crippen LogP contribution in [0.1, 0.15) is 0 Å². The van der Waals surface area contributed by atoms with Crippen molar-refractivity contribution in [3.8, 4) is 0 Å². The van der Waals surface area contributed by atoms with Crippen molar-refractivity contribution in [3.63, 3.8) is 0 Å². The smallest absolute Gasteiger partial charge is 0.225 e. The van der Waals surface area contributed by atoms with Gasteiger partial charge in [0.15, 0.2) is 11.6 Å². The molecule has 0 amide bonds. The summed E-state index contributed by atoms with van der Waals surface area (Å²) >= 11 is 12.5. The molecule has 2 aromatic rings. The highest BCUT2D eigenvalue weighted by molar-refractivity contribution is 6.30. The zero-order valence-corrected chi connectivity index (χ0v) is 16.5. The number of aromatic nitrogens is 4. The molecule has 0 aromatic carbocycles. The molecule has 0 radical (unpaired) electrons. The van der Waals surface area contributed by atoms with E-state index in [2.05, 4.69) is 53.6 Å². The average Bonchev–Trinajstić information content (AvgIpc) is 2.62. The summed E-state index contributed by atoms with van der Waals surface area (Å²) in [5.74, 6) is 1.49. The summed E-state index contributed by atoms with van der Waals surface area (Å²) in [6, 6.07) is 0. The first-order valence-corrected chi connectivity index (χ1v) is 9.54. The Balaban J connectivity index is 1.79. The zero-order valence-electron chi connectivity index (χ0n) is 15.0. The molecular formula is C16H22Cl2N8. The van der Waals surface area contributed by atoms with Crippen LogP contribution in [0.4, 0.5) is 11.6 Å². The lowest BCUT2D eigenvalue weighted by atomic mass is 10.2. The summed E-state index contributed by atoms with van der Waals surface area (Å²) < 4.78 is 0. The summed E-state index contributed by atoms with van der Waals surface area (Å²) in [6.45, 7) is 7.32. The summed E-state index contributed by atoms with van der Waals surface area (Å²) in [5.41, 5.74) is 1.35. The zero-order chi connectivity index (χ0) is 18.3. The van der Waals surface area contributed by atoms with Gasteiger partial charge in [0.1, 0.15) is 11.0 Å². The van der Waals surface area contributed by atoms with Crippen LogP contribution in [0, 0.1) is 0 Å². The highest BCUT2D eigenvalue weighted by Crippen LogP contribution is 2.31. The second-order valence-corrected chi connectivity index (χ2v) is 7.59. The van der Waals surface area contributed by atoms with Gasteiger partial charge in [-0.05, 0) is 37.3 Å². The Hall–Kier alpha value is -1.48. The van der Waals surface area contributed by atoms with Crippen molar-refractivity contribution in [2.24, 2.45) is 0 Å². The Morgan fingerprint density at radius 3 is 1.27 bits per heavy atom. The molecule has 2 aliphatic rings. The van der Waals surface area contributed by atoms with Crippen LogP contribution in [0.2, 0.25) is 10.6 Å². The molecule has 8 nitrogen and oxygen atoms in total. The van der Waals surface area contributed by atoms with Crippen molar-refractivity contribution in [2.45, 2.75) is 0 Å². The van der Waals surface area contributed by atoms with Gasteiger partial charge in [-0.25, -0.2) is 9.97 Å². The highest BCUT2D eigenvalue weighted by atomic mass is 35.5. The van der Waals surface area contributed by atoms with Crippen molar-refractivity contribution in [2.75, 3.05) is 76.3 Å². The van der Waals surface area contributed by atoms with Gasteiger partial charge in [-0.2, -0.15) is 9.97 Å². The second-order valence-electron chi connectivity index (χ2n) is 6.91. The third-order valence-electron chi connectivity index (χ3n) is 5.06. The van der Waals surface area contributed by atoms with Gasteiger partial charge in [0.05, 0.1) is 0 Å². The van der Waals surface area contributed by atoms with Crippen LogP contribution in [0.15, 0.2) is 0 Å². The molecule has 0 spiro atoms. The number of rotatable bonds is 2. The molecule has 26 heavy (non-hydrogen) atoms. The number of halogens is 2. The largest absolute Gasteiger partial charge is 0.352 e. The third kappa shape index (κ3) is 3.51. The summed E-state index contributed by atoms with van der Waals surface area (Å²) in [6.07, 6.45) is 0. The standard InChI is InChI=1S/C16H22Cl2N8/c1-23-3-7-25(8-4-23)13-11-12(20-15(17)21-13)14(22-16(18)19-11)26-9-5-24(2)6-10-26/h3-10H2,1-2H3. The Morgan fingerprint density at radius 1 is 0.577 bits per heavy atom. The molecule has 4 heterocycles. The Morgan fingerprint density at radius 2 is 0.923 bits per heavy atom. The van der Waals surface area contributed by atoms with Crippen LogP contribution in [-0.4, -0.2) is 96.2 Å². The first-order chi connectivity index (χ1) is 12.5. The Labute approximate surface area is 162 Å². The van der Waals surface area contributed by atoms with Gasteiger partial charge in [0, 0.05) is 52.4 Å². The van der Waals surface area contributed by atoms with Crippen LogP contribution in [0.25, 0.3) is 11.0 Å². The normalized spacial score (nSPS) is 20.2. The van der Waals surface area contributed by atoms with Gasteiger partial charge in [-0.1, -0.05) is 0 Å². The topological polar surface area (TPSA) is 64.5 Å². The van der Waals surface area contributed by atoms with Crippen molar-refractivity contribution < 1.29 is 0 Å². The number of hydrogen-bond acceptors (Lipinski definition) is 8. The van der Waals surface area contributed by atoms with E-state index in [0.717, 1.165) is 64.0 Å². The maximum absolute atomic E-state index is 6.27. The monoisotopic (exact) mass is 396 g/mol. The van der Waals surface area contributed by atoms with Crippen LogP contribution in [0.5, 0.6) is 0 Å². The number of likely N-dealkylation sites (N-methyl/N-ethyl adjacent to an activating group) is 2. The predicted molar refractivity (Wildman–Crippen MR) is 105 cm³/mol. The van der Waals surface area contributed by atoms with Crippen molar-refractivity contribution >= 4 is 45.9 Å². The summed E-state index contributed by atoms with van der Waals surface area (Å²) in [5, 5.41) is 0.431. The van der Waals surface area contributed by atoms with E-state index in [1.54, 1.807) is 0 Å². The van der Waals surface area contributed by atoms with Gasteiger partial charge in [0.2, 0.25) is 10.6 Å². The second kappa shape index (κ2) is 7.26. The van der Waals surface area contributed by atoms with Gasteiger partial charge in [-0.3, -0.25) is 0 Å². The molecule has 0 unspecified atom stereocenters. The van der Waals surface area contributed by atoms with E-state index in [1.807, 2.05) is 0 Å². The van der Waals surface area contributed by atoms with Gasteiger partial charge < -0.3 is 19.6 Å². The fourth-order valence-electron chi connectivity index (χ4n) is 3.41. The molecule has 2 aromatic heterocycles. The molecule has 0 bridgehead atoms. The first-order valence-electron chi connectivity index (χ1n) is 8.79. The third-order valence-corrected chi connectivity index (χ3v) is 5.40. The molecule has 0 N–H and O–H groups in total. The molecule has 0 aliphatic carbocycles. The maximum Gasteiger partial charge on any atom is 0.225 e. The van der Waals surface area contributed by atoms with Crippen molar-refractivity contribution in [1.29, 1.82) is 0 Å². The molecule has 2 fully saturated rings. The highest BCUT2D eigenvalue weighted by Gasteiger charge is 2.25. The van der Waals surface area contributed by atoms with E-state index in [-0.39, 0.29) is 10.6 Å². The van der Waals surface area contributed by atoms with Crippen LogP contribution < -0.4 is 9.80 Å². The fourth-order valence-corrected chi connectivity index (χ4v) is 3.74. The van der Waals surface area contributed by atoms with Crippen LogP contribution in [-0.2, 0) is 0 Å². The fraction of sp³-hybridized carbons (Fsp3) is 0.625. The molecule has 0 saturated carbocycles. The minimum Gasteiger partial charge on any atom is -0.352 e. The molecule has 140 valence electrons. The molecule has 10 heteroatoms. The SMILES string of the molecule is CN1CCN(c2nc(Cl)nc3c(N4CCN(C)CC4)nc(Cl)nc23)CC1. The molecule has 4 rings (SSSR count). The van der Waals surface area contributed by atoms with E-state index < -0.39 is 0 Å². The van der Waals surface area contributed by atoms with E-state index >= 15 is 0 Å². The minimum atomic E-state index is 0.215. The molecule has 2 aliphatic heterocycles. The summed E-state index contributed by atoms with van der Waals surface area (Å²) in [4.78, 5) is 26.9. The lowest BCUT2D eigenvalue weighted by molar-refractivity contribution is 0.312. The molecule has 0 atom stereocenters. The lowest BCUT2D eigenvalue weighted by Crippen LogP contribution is -2.45. The van der Waals surface area contributed by atoms with Gasteiger partial charge in [0.25, 0.3) is 0 Å². The number of anilines is 2. The van der Waals surface area contributed by atoms with Crippen molar-refractivity contribution in [1.82, 2.24) is 29.7 Å². The number of piperazine rings is 2. The first kappa shape index (κ1) is 17.9. The predicted octanol–water partition coefficient (Wildman–Crippen LogP) is 1.23. The van der Waals surface area contributed by atoms with Gasteiger partial charge in [-0.15, -0.1) is 0 Å². The minimum absolute atomic E-state index is 0.215. The average molecular weight is 397 g/mol. The lowest BCUT2D eigenvalue weighted by Gasteiger charge is -2.35. The quantitative estimate of drug-likeness (QED) is 0.702. The van der Waals surface area contributed by atoms with Crippen LogP contribution in [0.3, 0.4) is 0 Å². The molecular weight excluding hydrogens is 375 g/mol. The van der Waals surface area contributed by atoms with E-state index in [4.69, 9.17) is 23.2 Å². The van der Waals surface area contributed by atoms with Crippen LogP contribution >= 0.6 is 23.2 Å². The van der Waals surface area contributed by atoms with E-state index in [0.29, 0.717) is 11.0 Å². The Kier molecular flexibility index (Phi) is 5.00. The summed E-state index contributed by atoms with van der Waals surface area (Å²) in [7, 11) is 4.24. The van der Waals surface area contributed by atoms with E-state index in [1.165, 1.54) is 0 Å². The van der Waals surface area contributed by atoms with Crippen molar-refractivity contribution in [3.05, 3.63) is 10.6 Å².